The number of ketones is 2. The van der Waals surface area contributed by atoms with E-state index in [1.807, 2.05) is 0 Å². The summed E-state index contributed by atoms with van der Waals surface area (Å²) >= 11 is 0. The van der Waals surface area contributed by atoms with E-state index in [0.717, 1.165) is 0 Å². The van der Waals surface area contributed by atoms with E-state index >= 15 is 0 Å². The maximum Gasteiger partial charge on any atom is 0.255 e. The minimum absolute atomic E-state index is 0.0102. The maximum absolute atomic E-state index is 13.8. The number of rotatable bonds is 3. The van der Waals surface area contributed by atoms with Crippen molar-refractivity contribution < 1.29 is 34.8 Å². The molecule has 1 saturated carbocycles. The Balaban J connectivity index is 2.03. The molecule has 188 valence electrons. The Labute approximate surface area is 200 Å². The lowest BCUT2D eigenvalue weighted by atomic mass is 9.57. The first-order chi connectivity index (χ1) is 16.2. The van der Waals surface area contributed by atoms with Gasteiger partial charge in [0.25, 0.3) is 5.91 Å². The molecule has 1 amide bonds. The highest BCUT2D eigenvalue weighted by molar-refractivity contribution is 6.24. The average molecular weight is 488 g/mol. The van der Waals surface area contributed by atoms with Crippen LogP contribution in [0, 0.1) is 11.8 Å². The second kappa shape index (κ2) is 7.62. The van der Waals surface area contributed by atoms with Crippen LogP contribution >= 0.6 is 0 Å². The van der Waals surface area contributed by atoms with Gasteiger partial charge >= 0.3 is 0 Å². The van der Waals surface area contributed by atoms with Gasteiger partial charge in [-0.3, -0.25) is 19.3 Å². The fourth-order valence-corrected chi connectivity index (χ4v) is 5.91. The van der Waals surface area contributed by atoms with Gasteiger partial charge in [-0.15, -0.1) is 0 Å². The van der Waals surface area contributed by atoms with Gasteiger partial charge in [-0.05, 0) is 38.4 Å². The molecule has 3 aliphatic rings. The number of hydrogen-bond acceptors (Lipinski definition) is 11. The van der Waals surface area contributed by atoms with E-state index in [4.69, 9.17) is 17.2 Å². The molecule has 12 heteroatoms. The molecule has 4 rings (SSSR count). The highest BCUT2D eigenvalue weighted by Gasteiger charge is 2.64. The van der Waals surface area contributed by atoms with E-state index in [-0.39, 0.29) is 35.4 Å². The number of hydrogen-bond donors (Lipinski definition) is 7. The number of benzene rings is 1. The second-order valence-corrected chi connectivity index (χ2v) is 9.73. The molecule has 12 nitrogen and oxygen atoms in total. The van der Waals surface area contributed by atoms with Gasteiger partial charge in [-0.2, -0.15) is 0 Å². The van der Waals surface area contributed by atoms with E-state index in [2.05, 4.69) is 0 Å². The first kappa shape index (κ1) is 24.4. The predicted molar refractivity (Wildman–Crippen MR) is 127 cm³/mol. The number of primary amides is 1. The van der Waals surface area contributed by atoms with Gasteiger partial charge in [0, 0.05) is 25.6 Å². The highest BCUT2D eigenvalue weighted by Crippen LogP contribution is 2.55. The van der Waals surface area contributed by atoms with Crippen LogP contribution in [0.25, 0.3) is 5.76 Å². The van der Waals surface area contributed by atoms with Crippen molar-refractivity contribution in [2.24, 2.45) is 17.6 Å². The summed E-state index contributed by atoms with van der Waals surface area (Å²) in [5, 5.41) is 44.4. The number of aliphatic hydroxyl groups excluding tert-OH is 2. The van der Waals surface area contributed by atoms with Crippen molar-refractivity contribution >= 4 is 40.3 Å². The number of nitrogens with zero attached hydrogens (tertiary/aromatic N) is 2. The average Bonchev–Trinajstić information content (AvgIpc) is 2.74. The maximum atomic E-state index is 13.8. The number of carbonyl (C=O) groups excluding carboxylic acids is 3. The summed E-state index contributed by atoms with van der Waals surface area (Å²) in [7, 11) is 6.50. The summed E-state index contributed by atoms with van der Waals surface area (Å²) in [6.45, 7) is 0. The number of carbonyl (C=O) groups is 3. The second-order valence-electron chi connectivity index (χ2n) is 9.73. The van der Waals surface area contributed by atoms with E-state index in [1.54, 1.807) is 33.1 Å². The number of nitrogen functional groups attached to an aromatic ring is 2. The van der Waals surface area contributed by atoms with Gasteiger partial charge in [0.15, 0.2) is 17.1 Å². The number of nitrogens with two attached hydrogens (primary N) is 3. The van der Waals surface area contributed by atoms with Crippen LogP contribution in [0.15, 0.2) is 16.9 Å². The number of Topliss-reactive ketones (excluding diaryl/α,β-unsaturated/α-hetero) is 2. The van der Waals surface area contributed by atoms with Crippen molar-refractivity contribution in [1.29, 1.82) is 0 Å². The molecule has 0 spiro atoms. The normalized spacial score (nSPS) is 28.1. The summed E-state index contributed by atoms with van der Waals surface area (Å²) in [4.78, 5) is 42.0. The standard InChI is InChI=1S/C23H29N5O7/c1-27(2)15-8-5-7-6-9-16(28(3)4)19(31)12(22(26)34)21(33)23(9,35)20(32)10(7)17(29)11(8)18(30)14(25)13(15)24/h7,9,16,29-30,33,35H,5-6,24-25H2,1-4H3,(H2,26,34)/t7-,9-,16-,23-/m0/s1. The predicted octanol–water partition coefficient (Wildman–Crippen LogP) is -0.806. The third-order valence-corrected chi connectivity index (χ3v) is 7.39. The van der Waals surface area contributed by atoms with Crippen LogP contribution in [0.4, 0.5) is 17.1 Å². The number of amides is 1. The molecular formula is C23H29N5O7. The number of anilines is 3. The summed E-state index contributed by atoms with van der Waals surface area (Å²) in [5.74, 6) is -7.29. The third kappa shape index (κ3) is 2.96. The van der Waals surface area contributed by atoms with Gasteiger partial charge in [0.05, 0.1) is 23.0 Å². The Hall–Kier alpha value is -3.77. The van der Waals surface area contributed by atoms with E-state index in [1.165, 1.54) is 4.90 Å². The zero-order valence-electron chi connectivity index (χ0n) is 19.8. The molecule has 1 fully saturated rings. The van der Waals surface area contributed by atoms with Gasteiger partial charge in [-0.1, -0.05) is 0 Å². The summed E-state index contributed by atoms with van der Waals surface area (Å²) < 4.78 is 0. The van der Waals surface area contributed by atoms with Crippen molar-refractivity contribution in [3.63, 3.8) is 0 Å². The molecule has 4 atom stereocenters. The molecule has 1 aromatic carbocycles. The smallest absolute Gasteiger partial charge is 0.255 e. The molecule has 10 N–H and O–H groups in total. The minimum Gasteiger partial charge on any atom is -0.508 e. The summed E-state index contributed by atoms with van der Waals surface area (Å²) in [6.07, 6.45) is 0.115. The zero-order valence-corrected chi connectivity index (χ0v) is 19.8. The first-order valence-electron chi connectivity index (χ1n) is 10.9. The zero-order chi connectivity index (χ0) is 26.3. The van der Waals surface area contributed by atoms with Gasteiger partial charge < -0.3 is 42.5 Å². The third-order valence-electron chi connectivity index (χ3n) is 7.39. The van der Waals surface area contributed by atoms with Crippen molar-refractivity contribution in [2.75, 3.05) is 44.6 Å². The number of fused-ring (bicyclic) bond motifs is 3. The molecule has 3 aliphatic carbocycles. The molecule has 0 unspecified atom stereocenters. The summed E-state index contributed by atoms with van der Waals surface area (Å²) in [6, 6.07) is -1.15. The number of phenolic OH excluding ortho intramolecular Hbond substituents is 1. The number of aliphatic hydroxyl groups is 3. The van der Waals surface area contributed by atoms with E-state index in [0.29, 0.717) is 11.3 Å². The van der Waals surface area contributed by atoms with E-state index in [9.17, 15) is 34.8 Å². The van der Waals surface area contributed by atoms with Gasteiger partial charge in [-0.25, -0.2) is 0 Å². The lowest BCUT2D eigenvalue weighted by molar-refractivity contribution is -0.153. The van der Waals surface area contributed by atoms with Crippen LogP contribution in [0.1, 0.15) is 17.5 Å². The fraction of sp³-hybridized carbons (Fsp3) is 0.435. The Morgan fingerprint density at radius 3 is 2.17 bits per heavy atom. The SMILES string of the molecule is CN(C)c1c(N)c(N)c(O)c2c1C[C@H]1C[C@H]3[C@H](N(C)C)C(=O)C(C(N)=O)=C(O)[C@@]3(O)C(=O)C1=C2O. The molecule has 0 heterocycles. The van der Waals surface area contributed by atoms with Crippen molar-refractivity contribution in [1.82, 2.24) is 4.90 Å². The summed E-state index contributed by atoms with van der Waals surface area (Å²) in [5.41, 5.74) is 14.4. The minimum atomic E-state index is -2.69. The molecular weight excluding hydrogens is 458 g/mol. The molecule has 0 bridgehead atoms. The molecule has 0 saturated heterocycles. The molecule has 0 aromatic heterocycles. The van der Waals surface area contributed by atoms with Crippen molar-refractivity contribution in [2.45, 2.75) is 24.5 Å². The number of aromatic hydroxyl groups is 1. The van der Waals surface area contributed by atoms with Gasteiger partial charge in [0.2, 0.25) is 5.78 Å². The van der Waals surface area contributed by atoms with Crippen molar-refractivity contribution in [3.05, 3.63) is 28.0 Å². The van der Waals surface area contributed by atoms with Crippen LogP contribution < -0.4 is 22.1 Å². The Bertz CT molecular complexity index is 1270. The fourth-order valence-electron chi connectivity index (χ4n) is 5.91. The number of phenols is 1. The van der Waals surface area contributed by atoms with Crippen LogP contribution in [0.2, 0.25) is 0 Å². The number of likely N-dealkylation sites (N-methyl/N-ethyl adjacent to an activating group) is 1. The lowest BCUT2D eigenvalue weighted by Crippen LogP contribution is -2.65. The van der Waals surface area contributed by atoms with Crippen LogP contribution in [-0.4, -0.2) is 82.6 Å². The van der Waals surface area contributed by atoms with Crippen LogP contribution in [0.5, 0.6) is 5.75 Å². The molecule has 35 heavy (non-hydrogen) atoms. The molecule has 0 radical (unpaired) electrons. The Kier molecular flexibility index (Phi) is 5.30. The van der Waals surface area contributed by atoms with Crippen LogP contribution in [-0.2, 0) is 20.8 Å². The first-order valence-corrected chi connectivity index (χ1v) is 10.9. The molecule has 1 aromatic rings. The van der Waals surface area contributed by atoms with Crippen molar-refractivity contribution in [3.8, 4) is 5.75 Å². The Morgan fingerprint density at radius 2 is 1.66 bits per heavy atom. The quantitative estimate of drug-likeness (QED) is 0.159. The van der Waals surface area contributed by atoms with E-state index < -0.39 is 63.8 Å². The monoisotopic (exact) mass is 487 g/mol. The lowest BCUT2D eigenvalue weighted by Gasteiger charge is -2.50. The van der Waals surface area contributed by atoms with Gasteiger partial charge in [0.1, 0.15) is 22.8 Å². The topological polar surface area (TPSA) is 217 Å². The van der Waals surface area contributed by atoms with Crippen LogP contribution in [0.3, 0.4) is 0 Å². The highest BCUT2D eigenvalue weighted by atomic mass is 16.3. The Morgan fingerprint density at radius 1 is 1.06 bits per heavy atom. The molecule has 0 aliphatic heterocycles. The largest absolute Gasteiger partial charge is 0.508 e.